The summed E-state index contributed by atoms with van der Waals surface area (Å²) in [6.07, 6.45) is 9.61. The maximum Gasteiger partial charge on any atom is 0.191 e. The highest BCUT2D eigenvalue weighted by Gasteiger charge is 2.15. The van der Waals surface area contributed by atoms with Crippen LogP contribution < -0.4 is 10.6 Å². The van der Waals surface area contributed by atoms with Gasteiger partial charge in [0.2, 0.25) is 0 Å². The zero-order valence-corrected chi connectivity index (χ0v) is 14.8. The third-order valence-electron chi connectivity index (χ3n) is 3.80. The van der Waals surface area contributed by atoms with Gasteiger partial charge in [-0.25, -0.2) is 0 Å². The summed E-state index contributed by atoms with van der Waals surface area (Å²) < 4.78 is 5.32. The van der Waals surface area contributed by atoms with E-state index in [2.05, 4.69) is 28.6 Å². The van der Waals surface area contributed by atoms with Gasteiger partial charge in [0.05, 0.1) is 13.2 Å². The van der Waals surface area contributed by atoms with E-state index in [-0.39, 0.29) is 24.0 Å². The van der Waals surface area contributed by atoms with Crippen LogP contribution in [0.5, 0.6) is 0 Å². The predicted octanol–water partition coefficient (Wildman–Crippen LogP) is 2.84. The standard InChI is InChI=1S/C15H27N3O.HI/c1-2-16-15(18-14-5-3-4-6-14)17-10-7-13-8-11-19-12-9-13;/h8,14H,2-7,9-12H2,1H3,(H2,16,17,18);1H. The summed E-state index contributed by atoms with van der Waals surface area (Å²) in [6.45, 7) is 5.56. The van der Waals surface area contributed by atoms with Crippen molar-refractivity contribution >= 4 is 29.9 Å². The molecule has 2 rings (SSSR count). The Morgan fingerprint density at radius 2 is 2.20 bits per heavy atom. The fraction of sp³-hybridized carbons (Fsp3) is 0.800. The Bertz CT molecular complexity index is 325. The molecule has 0 radical (unpaired) electrons. The predicted molar refractivity (Wildman–Crippen MR) is 94.9 cm³/mol. The number of nitrogens with one attached hydrogen (secondary N) is 2. The van der Waals surface area contributed by atoms with Crippen molar-refractivity contribution in [2.24, 2.45) is 4.99 Å². The van der Waals surface area contributed by atoms with Gasteiger partial charge in [-0.3, -0.25) is 4.99 Å². The number of aliphatic imine (C=N–C) groups is 1. The van der Waals surface area contributed by atoms with Gasteiger partial charge in [0.25, 0.3) is 0 Å². The van der Waals surface area contributed by atoms with Gasteiger partial charge in [0.1, 0.15) is 0 Å². The van der Waals surface area contributed by atoms with Gasteiger partial charge in [-0.05, 0) is 32.6 Å². The Morgan fingerprint density at radius 3 is 2.85 bits per heavy atom. The van der Waals surface area contributed by atoms with E-state index in [1.165, 1.54) is 31.3 Å². The summed E-state index contributed by atoms with van der Waals surface area (Å²) >= 11 is 0. The fourth-order valence-corrected chi connectivity index (χ4v) is 2.69. The molecule has 0 aromatic heterocycles. The van der Waals surface area contributed by atoms with Crippen LogP contribution in [0.15, 0.2) is 16.6 Å². The van der Waals surface area contributed by atoms with Gasteiger partial charge in [0, 0.05) is 19.1 Å². The SMILES string of the molecule is CCNC(=NCCC1=CCOCC1)NC1CCCC1.I. The summed E-state index contributed by atoms with van der Waals surface area (Å²) in [5.41, 5.74) is 1.49. The normalized spacial score (nSPS) is 20.2. The lowest BCUT2D eigenvalue weighted by molar-refractivity contribution is 0.153. The fourth-order valence-electron chi connectivity index (χ4n) is 2.69. The van der Waals surface area contributed by atoms with Crippen LogP contribution in [-0.4, -0.2) is 38.3 Å². The topological polar surface area (TPSA) is 45.7 Å². The number of guanidine groups is 1. The Kier molecular flexibility index (Phi) is 9.26. The Labute approximate surface area is 139 Å². The summed E-state index contributed by atoms with van der Waals surface area (Å²) in [5.74, 6) is 0.988. The molecule has 2 N–H and O–H groups in total. The van der Waals surface area contributed by atoms with Crippen LogP contribution in [0.25, 0.3) is 0 Å². The molecule has 20 heavy (non-hydrogen) atoms. The van der Waals surface area contributed by atoms with Crippen molar-refractivity contribution in [1.82, 2.24) is 10.6 Å². The van der Waals surface area contributed by atoms with Gasteiger partial charge in [0.15, 0.2) is 5.96 Å². The van der Waals surface area contributed by atoms with Crippen molar-refractivity contribution in [3.05, 3.63) is 11.6 Å². The van der Waals surface area contributed by atoms with E-state index in [1.807, 2.05) is 0 Å². The molecule has 4 nitrogen and oxygen atoms in total. The average molecular weight is 393 g/mol. The van der Waals surface area contributed by atoms with Gasteiger partial charge >= 0.3 is 0 Å². The van der Waals surface area contributed by atoms with E-state index in [0.717, 1.165) is 45.1 Å². The first-order chi connectivity index (χ1) is 9.38. The van der Waals surface area contributed by atoms with Crippen molar-refractivity contribution in [2.45, 2.75) is 51.5 Å². The average Bonchev–Trinajstić information content (AvgIpc) is 2.93. The van der Waals surface area contributed by atoms with Crippen LogP contribution in [0.2, 0.25) is 0 Å². The molecule has 1 fully saturated rings. The quantitative estimate of drug-likeness (QED) is 0.327. The minimum atomic E-state index is 0. The maximum absolute atomic E-state index is 5.32. The van der Waals surface area contributed by atoms with E-state index in [0.29, 0.717) is 6.04 Å². The van der Waals surface area contributed by atoms with Gasteiger partial charge < -0.3 is 15.4 Å². The number of halogens is 1. The zero-order chi connectivity index (χ0) is 13.3. The molecule has 0 spiro atoms. The Balaban J connectivity index is 0.00000200. The lowest BCUT2D eigenvalue weighted by Gasteiger charge is -2.17. The molecular formula is C15H28IN3O. The molecule has 1 aliphatic carbocycles. The summed E-state index contributed by atoms with van der Waals surface area (Å²) in [6, 6.07) is 0.625. The second-order valence-electron chi connectivity index (χ2n) is 5.32. The number of rotatable bonds is 5. The first-order valence-electron chi connectivity index (χ1n) is 7.69. The van der Waals surface area contributed by atoms with Gasteiger partial charge in [-0.15, -0.1) is 24.0 Å². The third-order valence-corrected chi connectivity index (χ3v) is 3.80. The maximum atomic E-state index is 5.32. The van der Waals surface area contributed by atoms with Crippen LogP contribution in [0.3, 0.4) is 0 Å². The number of hydrogen-bond acceptors (Lipinski definition) is 2. The monoisotopic (exact) mass is 393 g/mol. The molecule has 1 heterocycles. The zero-order valence-electron chi connectivity index (χ0n) is 12.5. The van der Waals surface area contributed by atoms with E-state index in [9.17, 15) is 0 Å². The molecule has 1 aliphatic heterocycles. The molecule has 0 unspecified atom stereocenters. The minimum absolute atomic E-state index is 0. The number of hydrogen-bond donors (Lipinski definition) is 2. The molecule has 116 valence electrons. The smallest absolute Gasteiger partial charge is 0.191 e. The first-order valence-corrected chi connectivity index (χ1v) is 7.69. The van der Waals surface area contributed by atoms with Crippen molar-refractivity contribution in [3.8, 4) is 0 Å². The van der Waals surface area contributed by atoms with E-state index in [1.54, 1.807) is 0 Å². The van der Waals surface area contributed by atoms with Crippen LogP contribution in [0.4, 0.5) is 0 Å². The van der Waals surface area contributed by atoms with Crippen molar-refractivity contribution in [2.75, 3.05) is 26.3 Å². The summed E-state index contributed by atoms with van der Waals surface area (Å²) in [4.78, 5) is 4.68. The van der Waals surface area contributed by atoms with Crippen LogP contribution in [0.1, 0.15) is 45.4 Å². The van der Waals surface area contributed by atoms with E-state index < -0.39 is 0 Å². The molecule has 5 heteroatoms. The molecule has 2 aliphatic rings. The van der Waals surface area contributed by atoms with Crippen LogP contribution in [0, 0.1) is 0 Å². The first kappa shape index (κ1) is 17.8. The minimum Gasteiger partial charge on any atom is -0.377 e. The lowest BCUT2D eigenvalue weighted by Crippen LogP contribution is -2.42. The van der Waals surface area contributed by atoms with E-state index in [4.69, 9.17) is 4.74 Å². The lowest BCUT2D eigenvalue weighted by atomic mass is 10.1. The van der Waals surface area contributed by atoms with Crippen LogP contribution in [-0.2, 0) is 4.74 Å². The van der Waals surface area contributed by atoms with Gasteiger partial charge in [-0.2, -0.15) is 0 Å². The molecule has 0 aromatic carbocycles. The Morgan fingerprint density at radius 1 is 1.40 bits per heavy atom. The van der Waals surface area contributed by atoms with Crippen LogP contribution >= 0.6 is 24.0 Å². The highest BCUT2D eigenvalue weighted by Crippen LogP contribution is 2.17. The highest BCUT2D eigenvalue weighted by molar-refractivity contribution is 14.0. The molecular weight excluding hydrogens is 365 g/mol. The van der Waals surface area contributed by atoms with E-state index >= 15 is 0 Å². The Hall–Kier alpha value is -0.300. The molecule has 0 bridgehead atoms. The molecule has 0 aromatic rings. The number of ether oxygens (including phenoxy) is 1. The summed E-state index contributed by atoms with van der Waals surface area (Å²) in [7, 11) is 0. The van der Waals surface area contributed by atoms with Crippen molar-refractivity contribution < 1.29 is 4.74 Å². The summed E-state index contributed by atoms with van der Waals surface area (Å²) in [5, 5.41) is 6.89. The molecule has 0 saturated heterocycles. The highest BCUT2D eigenvalue weighted by atomic mass is 127. The molecule has 0 atom stereocenters. The second kappa shape index (κ2) is 10.4. The largest absolute Gasteiger partial charge is 0.377 e. The van der Waals surface area contributed by atoms with Crippen molar-refractivity contribution in [3.63, 3.8) is 0 Å². The molecule has 1 saturated carbocycles. The molecule has 0 amide bonds. The second-order valence-corrected chi connectivity index (χ2v) is 5.32. The van der Waals surface area contributed by atoms with Gasteiger partial charge in [-0.1, -0.05) is 24.5 Å². The third kappa shape index (κ3) is 6.43. The number of nitrogens with zero attached hydrogens (tertiary/aromatic N) is 1. The van der Waals surface area contributed by atoms with Crippen molar-refractivity contribution in [1.29, 1.82) is 0 Å².